The molecule has 0 saturated heterocycles. The Bertz CT molecular complexity index is 1030. The highest BCUT2D eigenvalue weighted by atomic mass is 16.5. The van der Waals surface area contributed by atoms with E-state index >= 15 is 0 Å². The molecule has 3 aliphatic carbocycles. The fourth-order valence-corrected chi connectivity index (χ4v) is 7.75. The number of rotatable bonds is 6. The highest BCUT2D eigenvalue weighted by Gasteiger charge is 2.55. The number of hydrogen-bond donors (Lipinski definition) is 1. The van der Waals surface area contributed by atoms with Gasteiger partial charge in [0.2, 0.25) is 0 Å². The minimum Gasteiger partial charge on any atom is -0.508 e. The second-order valence-corrected chi connectivity index (χ2v) is 10.8. The van der Waals surface area contributed by atoms with Gasteiger partial charge in [-0.15, -0.1) is 0 Å². The number of carbonyl (C=O) groups is 1. The first-order valence-corrected chi connectivity index (χ1v) is 12.5. The molecule has 0 spiro atoms. The van der Waals surface area contributed by atoms with Crippen LogP contribution in [0.2, 0.25) is 0 Å². The van der Waals surface area contributed by atoms with Crippen molar-refractivity contribution in [2.24, 2.45) is 29.1 Å². The number of methoxy groups -OCH3 is 1. The zero-order valence-electron chi connectivity index (χ0n) is 20.0. The summed E-state index contributed by atoms with van der Waals surface area (Å²) in [4.78, 5) is 11.1. The average Bonchev–Trinajstić information content (AvgIpc) is 3.14. The van der Waals surface area contributed by atoms with Crippen LogP contribution in [-0.2, 0) is 6.42 Å². The van der Waals surface area contributed by atoms with E-state index in [2.05, 4.69) is 19.9 Å². The summed E-state index contributed by atoms with van der Waals surface area (Å²) in [6, 6.07) is 11.5. The monoisotopic (exact) mass is 448 g/mol. The summed E-state index contributed by atoms with van der Waals surface area (Å²) in [7, 11) is 1.58. The standard InChI is InChI=1S/C29H36O4/c1-18-14-20-15-22(31)6-8-24(20)25-10-12-29(2)21(5-9-26(29)28(18)25)11-13-33-23-7-4-19(17-30)27(16-23)32-3/h4,6-8,15-18,21,25-26,28,31H,5,9-14H2,1-3H3/t18-,21?,25?,26?,28?,29?/m1/s1. The van der Waals surface area contributed by atoms with E-state index in [-0.39, 0.29) is 0 Å². The lowest BCUT2D eigenvalue weighted by molar-refractivity contribution is 0.000914. The average molecular weight is 449 g/mol. The lowest BCUT2D eigenvalue weighted by Gasteiger charge is -2.53. The molecule has 1 N–H and O–H groups in total. The molecule has 2 saturated carbocycles. The first-order valence-electron chi connectivity index (χ1n) is 12.5. The van der Waals surface area contributed by atoms with Gasteiger partial charge in [-0.2, -0.15) is 0 Å². The molecule has 33 heavy (non-hydrogen) atoms. The van der Waals surface area contributed by atoms with Crippen LogP contribution in [0.15, 0.2) is 36.4 Å². The van der Waals surface area contributed by atoms with Crippen LogP contribution in [0.4, 0.5) is 0 Å². The molecule has 3 aliphatic rings. The summed E-state index contributed by atoms with van der Waals surface area (Å²) in [6.45, 7) is 5.68. The number of hydrogen-bond acceptors (Lipinski definition) is 4. The molecule has 0 aromatic heterocycles. The number of aromatic hydroxyl groups is 1. The predicted octanol–water partition coefficient (Wildman–Crippen LogP) is 6.40. The summed E-state index contributed by atoms with van der Waals surface area (Å²) >= 11 is 0. The van der Waals surface area contributed by atoms with Gasteiger partial charge < -0.3 is 14.6 Å². The van der Waals surface area contributed by atoms with E-state index in [1.807, 2.05) is 24.3 Å². The van der Waals surface area contributed by atoms with Gasteiger partial charge in [0.05, 0.1) is 19.3 Å². The Kier molecular flexibility index (Phi) is 5.88. The number of aldehydes is 1. The molecular formula is C29H36O4. The van der Waals surface area contributed by atoms with E-state index in [4.69, 9.17) is 9.47 Å². The van der Waals surface area contributed by atoms with Gasteiger partial charge in [0.1, 0.15) is 17.2 Å². The second kappa shape index (κ2) is 8.70. The smallest absolute Gasteiger partial charge is 0.153 e. The summed E-state index contributed by atoms with van der Waals surface area (Å²) in [5.41, 5.74) is 3.79. The highest BCUT2D eigenvalue weighted by Crippen LogP contribution is 2.64. The van der Waals surface area contributed by atoms with E-state index in [0.29, 0.717) is 46.8 Å². The molecule has 0 radical (unpaired) electrons. The van der Waals surface area contributed by atoms with Crippen LogP contribution < -0.4 is 9.47 Å². The Morgan fingerprint density at radius 2 is 2.00 bits per heavy atom. The van der Waals surface area contributed by atoms with Crippen molar-refractivity contribution in [3.8, 4) is 17.2 Å². The van der Waals surface area contributed by atoms with E-state index in [9.17, 15) is 9.90 Å². The van der Waals surface area contributed by atoms with Crippen molar-refractivity contribution in [3.05, 3.63) is 53.1 Å². The van der Waals surface area contributed by atoms with Crippen LogP contribution in [-0.4, -0.2) is 25.1 Å². The van der Waals surface area contributed by atoms with Gasteiger partial charge in [-0.25, -0.2) is 0 Å². The van der Waals surface area contributed by atoms with E-state index < -0.39 is 0 Å². The van der Waals surface area contributed by atoms with Crippen LogP contribution in [0.3, 0.4) is 0 Å². The molecule has 176 valence electrons. The number of phenolic OH excluding ortho intramolecular Hbond substituents is 1. The zero-order chi connectivity index (χ0) is 23.2. The van der Waals surface area contributed by atoms with Crippen LogP contribution in [0.25, 0.3) is 0 Å². The van der Waals surface area contributed by atoms with Crippen molar-refractivity contribution >= 4 is 6.29 Å². The van der Waals surface area contributed by atoms with Crippen LogP contribution in [0, 0.1) is 29.1 Å². The lowest BCUT2D eigenvalue weighted by atomic mass is 9.51. The summed E-state index contributed by atoms with van der Waals surface area (Å²) in [5.74, 6) is 5.23. The van der Waals surface area contributed by atoms with Gasteiger partial charge in [-0.05, 0) is 109 Å². The third-order valence-electron chi connectivity index (χ3n) is 9.32. The Hall–Kier alpha value is -2.49. The van der Waals surface area contributed by atoms with Crippen molar-refractivity contribution in [2.75, 3.05) is 13.7 Å². The molecule has 4 nitrogen and oxygen atoms in total. The largest absolute Gasteiger partial charge is 0.508 e. The molecule has 2 aromatic carbocycles. The molecule has 5 unspecified atom stereocenters. The third-order valence-corrected chi connectivity index (χ3v) is 9.32. The first-order chi connectivity index (χ1) is 15.9. The molecule has 6 atom stereocenters. The second-order valence-electron chi connectivity index (χ2n) is 10.8. The third kappa shape index (κ3) is 3.82. The maximum atomic E-state index is 11.1. The van der Waals surface area contributed by atoms with E-state index in [0.717, 1.165) is 36.7 Å². The first kappa shape index (κ1) is 22.3. The Labute approximate surface area is 197 Å². The molecule has 0 aliphatic heterocycles. The lowest BCUT2D eigenvalue weighted by Crippen LogP contribution is -2.45. The van der Waals surface area contributed by atoms with Crippen molar-refractivity contribution in [2.45, 2.75) is 58.3 Å². The van der Waals surface area contributed by atoms with Gasteiger partial charge >= 0.3 is 0 Å². The summed E-state index contributed by atoms with van der Waals surface area (Å²) in [6.07, 6.45) is 8.11. The number of benzene rings is 2. The Balaban J connectivity index is 1.27. The molecule has 5 rings (SSSR count). The maximum absolute atomic E-state index is 11.1. The fourth-order valence-electron chi connectivity index (χ4n) is 7.75. The van der Waals surface area contributed by atoms with Crippen LogP contribution >= 0.6 is 0 Å². The molecule has 2 fully saturated rings. The number of ether oxygens (including phenoxy) is 2. The molecule has 0 bridgehead atoms. The van der Waals surface area contributed by atoms with Crippen molar-refractivity contribution in [1.29, 1.82) is 0 Å². The topological polar surface area (TPSA) is 55.8 Å². The Morgan fingerprint density at radius 1 is 1.15 bits per heavy atom. The van der Waals surface area contributed by atoms with E-state index in [1.165, 1.54) is 36.8 Å². The quantitative estimate of drug-likeness (QED) is 0.520. The van der Waals surface area contributed by atoms with Crippen molar-refractivity contribution < 1.29 is 19.4 Å². The minimum atomic E-state index is 0.381. The highest BCUT2D eigenvalue weighted by molar-refractivity contribution is 5.79. The van der Waals surface area contributed by atoms with Gasteiger partial charge in [-0.3, -0.25) is 4.79 Å². The molecule has 0 heterocycles. The van der Waals surface area contributed by atoms with Gasteiger partial charge in [0.25, 0.3) is 0 Å². The van der Waals surface area contributed by atoms with Gasteiger partial charge in [0.15, 0.2) is 6.29 Å². The maximum Gasteiger partial charge on any atom is 0.153 e. The van der Waals surface area contributed by atoms with Gasteiger partial charge in [-0.1, -0.05) is 19.9 Å². The molecule has 4 heteroatoms. The minimum absolute atomic E-state index is 0.381. The molecular weight excluding hydrogens is 412 g/mol. The van der Waals surface area contributed by atoms with E-state index in [1.54, 1.807) is 13.2 Å². The van der Waals surface area contributed by atoms with Crippen molar-refractivity contribution in [3.63, 3.8) is 0 Å². The summed E-state index contributed by atoms with van der Waals surface area (Å²) < 4.78 is 11.4. The normalized spacial score (nSPS) is 32.4. The SMILES string of the molecule is COc1cc(OCCC2CCC3C4C(CCC23C)c2ccc(O)cc2C[C@H]4C)ccc1C=O. The fraction of sp³-hybridized carbons (Fsp3) is 0.552. The summed E-state index contributed by atoms with van der Waals surface area (Å²) in [5, 5.41) is 9.98. The number of carbonyl (C=O) groups excluding carboxylic acids is 1. The zero-order valence-corrected chi connectivity index (χ0v) is 20.0. The predicted molar refractivity (Wildman–Crippen MR) is 129 cm³/mol. The van der Waals surface area contributed by atoms with Crippen LogP contribution in [0.5, 0.6) is 17.2 Å². The Morgan fingerprint density at radius 3 is 2.79 bits per heavy atom. The van der Waals surface area contributed by atoms with Crippen molar-refractivity contribution in [1.82, 2.24) is 0 Å². The number of fused-ring (bicyclic) bond motifs is 5. The molecule has 0 amide bonds. The molecule has 2 aromatic rings. The van der Waals surface area contributed by atoms with Gasteiger partial charge in [0, 0.05) is 6.07 Å². The number of phenols is 1. The van der Waals surface area contributed by atoms with Crippen LogP contribution in [0.1, 0.15) is 73.4 Å².